The standard InChI is InChI=1S/C33H39F2N5O7S/c1-6-46-13-14-47-33(42)40-30-10-8-25(48(43,44)26-17-23(34)16-24(35)18-26)19-28(30)31(38-40)37-32(41)27-9-7-22(11-12-39(3)4)15-29(27)36-21(2)20-45-5/h7-10,15-19,21,36H,6,11-14,20H2,1-5H3,(H,37,38,41)/t21-/m0/s1. The predicted octanol–water partition coefficient (Wildman–Crippen LogP) is 4.97. The molecule has 2 N–H and O–H groups in total. The highest BCUT2D eigenvalue weighted by molar-refractivity contribution is 7.91. The number of likely N-dealkylation sites (N-methyl/N-ethyl adjacent to an activating group) is 1. The number of methoxy groups -OCH3 is 1. The molecule has 0 fully saturated rings. The van der Waals surface area contributed by atoms with Crippen LogP contribution in [0.15, 0.2) is 64.4 Å². The van der Waals surface area contributed by atoms with Crippen molar-refractivity contribution in [1.82, 2.24) is 14.7 Å². The van der Waals surface area contributed by atoms with Crippen molar-refractivity contribution in [3.8, 4) is 0 Å². The topological polar surface area (TPSA) is 141 Å². The second-order valence-corrected chi connectivity index (χ2v) is 13.2. The van der Waals surface area contributed by atoms with Crippen LogP contribution in [0.25, 0.3) is 10.9 Å². The van der Waals surface area contributed by atoms with Crippen molar-refractivity contribution in [2.45, 2.75) is 36.1 Å². The summed E-state index contributed by atoms with van der Waals surface area (Å²) in [6, 6.07) is 10.8. The van der Waals surface area contributed by atoms with Gasteiger partial charge in [-0.05, 0) is 82.4 Å². The van der Waals surface area contributed by atoms with E-state index < -0.39 is 38.4 Å². The summed E-state index contributed by atoms with van der Waals surface area (Å²) in [4.78, 5) is 27.9. The number of rotatable bonds is 15. The fraction of sp³-hybridized carbons (Fsp3) is 0.364. The zero-order valence-corrected chi connectivity index (χ0v) is 28.2. The molecule has 0 saturated heterocycles. The van der Waals surface area contributed by atoms with E-state index in [4.69, 9.17) is 14.2 Å². The van der Waals surface area contributed by atoms with Crippen molar-refractivity contribution in [2.75, 3.05) is 64.8 Å². The van der Waals surface area contributed by atoms with Gasteiger partial charge >= 0.3 is 6.09 Å². The van der Waals surface area contributed by atoms with E-state index in [0.717, 1.165) is 23.2 Å². The molecule has 0 bridgehead atoms. The monoisotopic (exact) mass is 687 g/mol. The Kier molecular flexibility index (Phi) is 12.2. The van der Waals surface area contributed by atoms with Crippen molar-refractivity contribution in [3.05, 3.63) is 77.4 Å². The number of carbonyl (C=O) groups is 2. The zero-order valence-electron chi connectivity index (χ0n) is 27.4. The summed E-state index contributed by atoms with van der Waals surface area (Å²) in [5.74, 6) is -2.88. The fourth-order valence-corrected chi connectivity index (χ4v) is 6.19. The number of sulfone groups is 1. The number of carbonyl (C=O) groups excluding carboxylic acids is 2. The molecule has 0 aliphatic heterocycles. The van der Waals surface area contributed by atoms with Gasteiger partial charge in [0.05, 0.1) is 34.1 Å². The molecule has 0 aliphatic rings. The fourth-order valence-electron chi connectivity index (χ4n) is 4.86. The maximum absolute atomic E-state index is 14.0. The lowest BCUT2D eigenvalue weighted by molar-refractivity contribution is 0.0786. The SMILES string of the molecule is CCOCCOC(=O)n1nc(NC(=O)c2ccc(CCN(C)C)cc2N[C@@H](C)COC)c2cc(S(=O)(=O)c3cc(F)cc(F)c3)ccc21. The number of anilines is 2. The first kappa shape index (κ1) is 36.4. The average molecular weight is 688 g/mol. The molecular formula is C33H39F2N5O7S. The van der Waals surface area contributed by atoms with Gasteiger partial charge in [-0.3, -0.25) is 4.79 Å². The molecule has 1 atom stereocenters. The molecule has 1 aromatic heterocycles. The first-order valence-corrected chi connectivity index (χ1v) is 16.7. The molecular weight excluding hydrogens is 648 g/mol. The molecule has 0 aliphatic carbocycles. The zero-order chi connectivity index (χ0) is 35.0. The minimum absolute atomic E-state index is 0.0629. The maximum atomic E-state index is 14.0. The second kappa shape index (κ2) is 16.1. The van der Waals surface area contributed by atoms with E-state index in [2.05, 4.69) is 15.7 Å². The molecule has 48 heavy (non-hydrogen) atoms. The Morgan fingerprint density at radius 2 is 1.73 bits per heavy atom. The van der Waals surface area contributed by atoms with Gasteiger partial charge in [-0.15, -0.1) is 5.10 Å². The Bertz CT molecular complexity index is 1860. The Balaban J connectivity index is 1.77. The van der Waals surface area contributed by atoms with Crippen LogP contribution >= 0.6 is 0 Å². The molecule has 4 aromatic rings. The minimum Gasteiger partial charge on any atom is -0.445 e. The van der Waals surface area contributed by atoms with Gasteiger partial charge in [0.15, 0.2) is 5.82 Å². The third kappa shape index (κ3) is 8.92. The van der Waals surface area contributed by atoms with E-state index in [1.165, 1.54) is 18.2 Å². The molecule has 1 heterocycles. The van der Waals surface area contributed by atoms with Crippen LogP contribution in [0.2, 0.25) is 0 Å². The quantitative estimate of drug-likeness (QED) is 0.165. The van der Waals surface area contributed by atoms with Gasteiger partial charge in [0.25, 0.3) is 5.91 Å². The number of ether oxygens (including phenoxy) is 3. The summed E-state index contributed by atoms with van der Waals surface area (Å²) >= 11 is 0. The van der Waals surface area contributed by atoms with Gasteiger partial charge in [-0.2, -0.15) is 4.68 Å². The van der Waals surface area contributed by atoms with Gasteiger partial charge in [0.2, 0.25) is 9.84 Å². The Morgan fingerprint density at radius 1 is 1.00 bits per heavy atom. The van der Waals surface area contributed by atoms with E-state index in [1.54, 1.807) is 20.1 Å². The van der Waals surface area contributed by atoms with Crippen LogP contribution in [-0.4, -0.2) is 95.3 Å². The lowest BCUT2D eigenvalue weighted by Crippen LogP contribution is -2.24. The Hall–Kier alpha value is -4.44. The Labute approximate surface area is 277 Å². The van der Waals surface area contributed by atoms with Crippen LogP contribution < -0.4 is 10.6 Å². The number of nitrogens with one attached hydrogen (secondary N) is 2. The largest absolute Gasteiger partial charge is 0.445 e. The summed E-state index contributed by atoms with van der Waals surface area (Å²) in [5.41, 5.74) is 1.89. The van der Waals surface area contributed by atoms with E-state index >= 15 is 0 Å². The van der Waals surface area contributed by atoms with Gasteiger partial charge in [-0.25, -0.2) is 22.0 Å². The summed E-state index contributed by atoms with van der Waals surface area (Å²) in [6.07, 6.45) is -0.168. The molecule has 4 rings (SSSR count). The molecule has 258 valence electrons. The summed E-state index contributed by atoms with van der Waals surface area (Å²) in [6.45, 7) is 5.32. The number of aromatic nitrogens is 2. The average Bonchev–Trinajstić information content (AvgIpc) is 3.39. The first-order chi connectivity index (χ1) is 22.8. The van der Waals surface area contributed by atoms with Crippen molar-refractivity contribution < 1.29 is 41.0 Å². The number of fused-ring (bicyclic) bond motifs is 1. The van der Waals surface area contributed by atoms with Gasteiger partial charge in [0.1, 0.15) is 18.2 Å². The van der Waals surface area contributed by atoms with Crippen LogP contribution in [-0.2, 0) is 30.5 Å². The molecule has 15 heteroatoms. The van der Waals surface area contributed by atoms with E-state index in [0.29, 0.717) is 37.1 Å². The van der Waals surface area contributed by atoms with Crippen molar-refractivity contribution in [3.63, 3.8) is 0 Å². The van der Waals surface area contributed by atoms with E-state index in [1.807, 2.05) is 38.1 Å². The van der Waals surface area contributed by atoms with Crippen molar-refractivity contribution in [1.29, 1.82) is 0 Å². The predicted molar refractivity (Wildman–Crippen MR) is 176 cm³/mol. The highest BCUT2D eigenvalue weighted by Gasteiger charge is 2.25. The molecule has 12 nitrogen and oxygen atoms in total. The Morgan fingerprint density at radius 3 is 2.40 bits per heavy atom. The maximum Gasteiger partial charge on any atom is 0.435 e. The number of hydrogen-bond acceptors (Lipinski definition) is 10. The van der Waals surface area contributed by atoms with Gasteiger partial charge < -0.3 is 29.7 Å². The summed E-state index contributed by atoms with van der Waals surface area (Å²) in [5, 5.41) is 10.3. The normalized spacial score (nSPS) is 12.3. The third-order valence-corrected chi connectivity index (χ3v) is 8.90. The molecule has 0 spiro atoms. The minimum atomic E-state index is -4.43. The van der Waals surface area contributed by atoms with Gasteiger partial charge in [-0.1, -0.05) is 6.07 Å². The summed E-state index contributed by atoms with van der Waals surface area (Å²) < 4.78 is 71.4. The molecule has 0 saturated carbocycles. The van der Waals surface area contributed by atoms with E-state index in [9.17, 15) is 26.8 Å². The highest BCUT2D eigenvalue weighted by Crippen LogP contribution is 2.31. The highest BCUT2D eigenvalue weighted by atomic mass is 32.2. The summed E-state index contributed by atoms with van der Waals surface area (Å²) in [7, 11) is 1.07. The second-order valence-electron chi connectivity index (χ2n) is 11.2. The molecule has 0 radical (unpaired) electrons. The number of amides is 1. The van der Waals surface area contributed by atoms with Crippen LogP contribution in [0.5, 0.6) is 0 Å². The smallest absolute Gasteiger partial charge is 0.435 e. The van der Waals surface area contributed by atoms with Crippen molar-refractivity contribution in [2.24, 2.45) is 0 Å². The third-order valence-electron chi connectivity index (χ3n) is 7.17. The lowest BCUT2D eigenvalue weighted by atomic mass is 10.0. The number of benzene rings is 3. The van der Waals surface area contributed by atoms with Crippen LogP contribution in [0, 0.1) is 11.6 Å². The van der Waals surface area contributed by atoms with E-state index in [-0.39, 0.29) is 46.4 Å². The van der Waals surface area contributed by atoms with Crippen LogP contribution in [0.3, 0.4) is 0 Å². The van der Waals surface area contributed by atoms with Crippen molar-refractivity contribution >= 4 is 44.2 Å². The number of nitrogens with zero attached hydrogens (tertiary/aromatic N) is 3. The molecule has 0 unspecified atom stereocenters. The number of halogens is 2. The van der Waals surface area contributed by atoms with Crippen LogP contribution in [0.4, 0.5) is 25.1 Å². The molecule has 3 aromatic carbocycles. The van der Waals surface area contributed by atoms with Gasteiger partial charge in [0, 0.05) is 43.4 Å². The number of hydrogen-bond donors (Lipinski definition) is 2. The van der Waals surface area contributed by atoms with Crippen LogP contribution in [0.1, 0.15) is 29.8 Å². The first-order valence-electron chi connectivity index (χ1n) is 15.2. The molecule has 1 amide bonds. The lowest BCUT2D eigenvalue weighted by Gasteiger charge is -2.19.